The molecular weight excluding hydrogens is 264 g/mol. The molecule has 1 saturated carbocycles. The second-order valence-electron chi connectivity index (χ2n) is 7.55. The summed E-state index contributed by atoms with van der Waals surface area (Å²) >= 11 is 0. The third-order valence-electron chi connectivity index (χ3n) is 4.86. The first-order valence-electron chi connectivity index (χ1n) is 8.56. The Kier molecular flexibility index (Phi) is 5.67. The number of amides is 1. The fourth-order valence-corrected chi connectivity index (χ4v) is 3.87. The number of carbonyl (C=O) groups is 1. The lowest BCUT2D eigenvalue weighted by molar-refractivity contribution is -0.123. The Morgan fingerprint density at radius 3 is 2.48 bits per heavy atom. The van der Waals surface area contributed by atoms with Gasteiger partial charge in [0.25, 0.3) is 0 Å². The molecule has 0 radical (unpaired) electrons. The molecule has 0 aromatic carbocycles. The van der Waals surface area contributed by atoms with Crippen LogP contribution in [0.15, 0.2) is 0 Å². The van der Waals surface area contributed by atoms with Crippen LogP contribution in [0.1, 0.15) is 59.8 Å². The van der Waals surface area contributed by atoms with Gasteiger partial charge in [0.05, 0.1) is 18.8 Å². The summed E-state index contributed by atoms with van der Waals surface area (Å²) in [7, 11) is 0. The van der Waals surface area contributed by atoms with E-state index < -0.39 is 0 Å². The average Bonchev–Trinajstić information content (AvgIpc) is 2.74. The van der Waals surface area contributed by atoms with Crippen LogP contribution in [0.5, 0.6) is 0 Å². The lowest BCUT2D eigenvalue weighted by Gasteiger charge is -2.39. The standard InChI is InChI=1S/C17H32N2O2/c1-13(2)18-16(20)12-19-9-7-17(8-10-19)6-5-15(11-17)21-14(3)4/h13-15H,5-12H2,1-4H3,(H,18,20)/t15-/m1/s1. The number of rotatable bonds is 5. The molecule has 0 unspecified atom stereocenters. The minimum Gasteiger partial charge on any atom is -0.376 e. The maximum absolute atomic E-state index is 11.8. The van der Waals surface area contributed by atoms with Crippen LogP contribution < -0.4 is 5.32 Å². The molecule has 1 amide bonds. The molecule has 1 heterocycles. The zero-order valence-electron chi connectivity index (χ0n) is 14.2. The lowest BCUT2D eigenvalue weighted by atomic mass is 9.77. The number of piperidine rings is 1. The van der Waals surface area contributed by atoms with Gasteiger partial charge in [-0.3, -0.25) is 9.69 Å². The van der Waals surface area contributed by atoms with E-state index in [1.54, 1.807) is 0 Å². The molecule has 2 fully saturated rings. The number of hydrogen-bond acceptors (Lipinski definition) is 3. The van der Waals surface area contributed by atoms with Crippen LogP contribution in [0.2, 0.25) is 0 Å². The molecule has 2 aliphatic rings. The minimum atomic E-state index is 0.161. The second kappa shape index (κ2) is 7.10. The van der Waals surface area contributed by atoms with E-state index in [2.05, 4.69) is 24.1 Å². The maximum atomic E-state index is 11.8. The molecule has 1 N–H and O–H groups in total. The number of hydrogen-bond donors (Lipinski definition) is 1. The number of carbonyl (C=O) groups excluding carboxylic acids is 1. The molecule has 1 aliphatic carbocycles. The van der Waals surface area contributed by atoms with Crippen molar-refractivity contribution in [3.05, 3.63) is 0 Å². The number of ether oxygens (including phenoxy) is 1. The highest BCUT2D eigenvalue weighted by atomic mass is 16.5. The predicted octanol–water partition coefficient (Wildman–Crippen LogP) is 2.57. The Labute approximate surface area is 129 Å². The summed E-state index contributed by atoms with van der Waals surface area (Å²) in [4.78, 5) is 14.1. The maximum Gasteiger partial charge on any atom is 0.234 e. The Morgan fingerprint density at radius 2 is 1.90 bits per heavy atom. The van der Waals surface area contributed by atoms with Gasteiger partial charge >= 0.3 is 0 Å². The number of likely N-dealkylation sites (tertiary alicyclic amines) is 1. The van der Waals surface area contributed by atoms with Crippen molar-refractivity contribution >= 4 is 5.91 Å². The van der Waals surface area contributed by atoms with Crippen LogP contribution in [-0.4, -0.2) is 48.7 Å². The Bertz CT molecular complexity index is 347. The molecule has 122 valence electrons. The summed E-state index contributed by atoms with van der Waals surface area (Å²) in [6.45, 7) is 10.9. The van der Waals surface area contributed by atoms with Gasteiger partial charge in [-0.25, -0.2) is 0 Å². The van der Waals surface area contributed by atoms with Gasteiger partial charge in [-0.2, -0.15) is 0 Å². The zero-order valence-corrected chi connectivity index (χ0v) is 14.2. The van der Waals surface area contributed by atoms with Crippen molar-refractivity contribution in [3.63, 3.8) is 0 Å². The Hall–Kier alpha value is -0.610. The third-order valence-corrected chi connectivity index (χ3v) is 4.86. The topological polar surface area (TPSA) is 41.6 Å². The van der Waals surface area contributed by atoms with Gasteiger partial charge in [0.2, 0.25) is 5.91 Å². The first kappa shape index (κ1) is 16.8. The van der Waals surface area contributed by atoms with E-state index in [1.165, 1.54) is 32.1 Å². The molecule has 1 spiro atoms. The molecule has 0 aromatic heterocycles. The van der Waals surface area contributed by atoms with Crippen LogP contribution in [0.25, 0.3) is 0 Å². The van der Waals surface area contributed by atoms with Crippen LogP contribution in [-0.2, 0) is 9.53 Å². The van der Waals surface area contributed by atoms with Crippen molar-refractivity contribution < 1.29 is 9.53 Å². The highest BCUT2D eigenvalue weighted by Gasteiger charge is 2.42. The van der Waals surface area contributed by atoms with Crippen LogP contribution in [0.4, 0.5) is 0 Å². The van der Waals surface area contributed by atoms with Crippen LogP contribution in [0.3, 0.4) is 0 Å². The van der Waals surface area contributed by atoms with E-state index in [-0.39, 0.29) is 11.9 Å². The second-order valence-corrected chi connectivity index (χ2v) is 7.55. The first-order chi connectivity index (χ1) is 9.88. The molecule has 1 saturated heterocycles. The summed E-state index contributed by atoms with van der Waals surface area (Å²) in [5.41, 5.74) is 0.491. The average molecular weight is 296 g/mol. The molecule has 0 bridgehead atoms. The summed E-state index contributed by atoms with van der Waals surface area (Å²) in [5.74, 6) is 0.161. The van der Waals surface area contributed by atoms with Gasteiger partial charge in [-0.1, -0.05) is 0 Å². The number of nitrogens with zero attached hydrogens (tertiary/aromatic N) is 1. The minimum absolute atomic E-state index is 0.161. The molecule has 1 atom stereocenters. The molecule has 4 nitrogen and oxygen atoms in total. The summed E-state index contributed by atoms with van der Waals surface area (Å²) < 4.78 is 6.00. The molecule has 21 heavy (non-hydrogen) atoms. The largest absolute Gasteiger partial charge is 0.376 e. The predicted molar refractivity (Wildman–Crippen MR) is 85.2 cm³/mol. The summed E-state index contributed by atoms with van der Waals surface area (Å²) in [6, 6.07) is 0.234. The fourth-order valence-electron chi connectivity index (χ4n) is 3.87. The molecule has 2 rings (SSSR count). The van der Waals surface area contributed by atoms with E-state index in [1.807, 2.05) is 13.8 Å². The van der Waals surface area contributed by atoms with Crippen molar-refractivity contribution in [2.24, 2.45) is 5.41 Å². The number of nitrogens with one attached hydrogen (secondary N) is 1. The zero-order chi connectivity index (χ0) is 15.5. The van der Waals surface area contributed by atoms with Gasteiger partial charge in [0.15, 0.2) is 0 Å². The highest BCUT2D eigenvalue weighted by molar-refractivity contribution is 5.78. The summed E-state index contributed by atoms with van der Waals surface area (Å²) in [5, 5.41) is 2.98. The quantitative estimate of drug-likeness (QED) is 0.848. The SMILES string of the molecule is CC(C)NC(=O)CN1CCC2(CC[C@@H](OC(C)C)C2)CC1. The van der Waals surface area contributed by atoms with Crippen LogP contribution >= 0.6 is 0 Å². The lowest BCUT2D eigenvalue weighted by Crippen LogP contribution is -2.45. The summed E-state index contributed by atoms with van der Waals surface area (Å²) in [6.07, 6.45) is 6.98. The Balaban J connectivity index is 1.74. The normalized spacial score (nSPS) is 25.9. The van der Waals surface area contributed by atoms with E-state index in [0.29, 0.717) is 24.2 Å². The van der Waals surface area contributed by atoms with Gasteiger partial charge in [-0.15, -0.1) is 0 Å². The van der Waals surface area contributed by atoms with Crippen LogP contribution in [0, 0.1) is 5.41 Å². The first-order valence-corrected chi connectivity index (χ1v) is 8.56. The fraction of sp³-hybridized carbons (Fsp3) is 0.941. The van der Waals surface area contributed by atoms with Crippen molar-refractivity contribution in [1.29, 1.82) is 0 Å². The van der Waals surface area contributed by atoms with E-state index in [0.717, 1.165) is 13.1 Å². The highest BCUT2D eigenvalue weighted by Crippen LogP contribution is 2.47. The molecule has 1 aliphatic heterocycles. The molecule has 4 heteroatoms. The van der Waals surface area contributed by atoms with Crippen molar-refractivity contribution in [2.45, 2.75) is 78.0 Å². The van der Waals surface area contributed by atoms with Gasteiger partial charge in [0, 0.05) is 6.04 Å². The molecule has 0 aromatic rings. The van der Waals surface area contributed by atoms with Gasteiger partial charge in [-0.05, 0) is 78.3 Å². The Morgan fingerprint density at radius 1 is 1.24 bits per heavy atom. The smallest absolute Gasteiger partial charge is 0.234 e. The molecular formula is C17H32N2O2. The van der Waals surface area contributed by atoms with E-state index in [9.17, 15) is 4.79 Å². The van der Waals surface area contributed by atoms with Gasteiger partial charge in [0.1, 0.15) is 0 Å². The monoisotopic (exact) mass is 296 g/mol. The van der Waals surface area contributed by atoms with Gasteiger partial charge < -0.3 is 10.1 Å². The van der Waals surface area contributed by atoms with E-state index >= 15 is 0 Å². The van der Waals surface area contributed by atoms with Crippen molar-refractivity contribution in [3.8, 4) is 0 Å². The van der Waals surface area contributed by atoms with Crippen molar-refractivity contribution in [2.75, 3.05) is 19.6 Å². The van der Waals surface area contributed by atoms with Crippen molar-refractivity contribution in [1.82, 2.24) is 10.2 Å². The van der Waals surface area contributed by atoms with E-state index in [4.69, 9.17) is 4.74 Å². The third kappa shape index (κ3) is 4.96.